The van der Waals surface area contributed by atoms with Gasteiger partial charge in [0.15, 0.2) is 0 Å². The van der Waals surface area contributed by atoms with Crippen LogP contribution in [0.2, 0.25) is 5.02 Å². The zero-order chi connectivity index (χ0) is 17.8. The fourth-order valence-electron chi connectivity index (χ4n) is 2.96. The second kappa shape index (κ2) is 9.28. The SMILES string of the molecule is Cl.O=C(CN1CCNCC1c1ccccc1Cl)Nc1cc(F)ccc1F. The molecule has 1 saturated heterocycles. The lowest BCUT2D eigenvalue weighted by atomic mass is 10.0. The van der Waals surface area contributed by atoms with Crippen LogP contribution in [0.25, 0.3) is 0 Å². The third-order valence-electron chi connectivity index (χ3n) is 4.17. The Hall–Kier alpha value is -1.73. The van der Waals surface area contributed by atoms with Gasteiger partial charge in [-0.2, -0.15) is 0 Å². The van der Waals surface area contributed by atoms with E-state index in [-0.39, 0.29) is 30.7 Å². The summed E-state index contributed by atoms with van der Waals surface area (Å²) in [7, 11) is 0. The van der Waals surface area contributed by atoms with E-state index in [1.807, 2.05) is 29.2 Å². The first kappa shape index (κ1) is 20.6. The Kier molecular flexibility index (Phi) is 7.34. The summed E-state index contributed by atoms with van der Waals surface area (Å²) in [5.41, 5.74) is 0.774. The van der Waals surface area contributed by atoms with Crippen LogP contribution in [0.4, 0.5) is 14.5 Å². The van der Waals surface area contributed by atoms with Crippen molar-refractivity contribution in [2.24, 2.45) is 0 Å². The summed E-state index contributed by atoms with van der Waals surface area (Å²) >= 11 is 6.28. The van der Waals surface area contributed by atoms with Crippen LogP contribution >= 0.6 is 24.0 Å². The molecule has 0 aromatic heterocycles. The van der Waals surface area contributed by atoms with Gasteiger partial charge in [-0.3, -0.25) is 9.69 Å². The molecule has 0 aliphatic carbocycles. The maximum absolute atomic E-state index is 13.7. The average Bonchev–Trinajstić information content (AvgIpc) is 2.59. The minimum absolute atomic E-state index is 0. The van der Waals surface area contributed by atoms with Crippen molar-refractivity contribution in [1.82, 2.24) is 10.2 Å². The molecule has 2 aromatic carbocycles. The second-order valence-electron chi connectivity index (χ2n) is 5.88. The first-order valence-electron chi connectivity index (χ1n) is 7.98. The van der Waals surface area contributed by atoms with Gasteiger partial charge >= 0.3 is 0 Å². The average molecular weight is 402 g/mol. The summed E-state index contributed by atoms with van der Waals surface area (Å²) in [5, 5.41) is 6.36. The van der Waals surface area contributed by atoms with Crippen LogP contribution < -0.4 is 10.6 Å². The van der Waals surface area contributed by atoms with E-state index in [0.29, 0.717) is 18.1 Å². The third kappa shape index (κ3) is 4.92. The van der Waals surface area contributed by atoms with Crippen molar-refractivity contribution in [2.75, 3.05) is 31.5 Å². The van der Waals surface area contributed by atoms with E-state index in [1.54, 1.807) is 0 Å². The molecule has 1 atom stereocenters. The number of rotatable bonds is 4. The molecule has 2 aromatic rings. The first-order chi connectivity index (χ1) is 12.0. The molecule has 8 heteroatoms. The zero-order valence-electron chi connectivity index (χ0n) is 13.8. The summed E-state index contributed by atoms with van der Waals surface area (Å²) in [6.07, 6.45) is 0. The molecular weight excluding hydrogens is 383 g/mol. The molecule has 1 aliphatic heterocycles. The van der Waals surface area contributed by atoms with Gasteiger partial charge < -0.3 is 10.6 Å². The topological polar surface area (TPSA) is 44.4 Å². The van der Waals surface area contributed by atoms with E-state index < -0.39 is 17.5 Å². The Balaban J connectivity index is 0.00000243. The Labute approximate surface area is 161 Å². The van der Waals surface area contributed by atoms with Gasteiger partial charge in [-0.1, -0.05) is 29.8 Å². The molecule has 1 fully saturated rings. The minimum atomic E-state index is -0.669. The van der Waals surface area contributed by atoms with Crippen molar-refractivity contribution in [3.63, 3.8) is 0 Å². The number of carbonyl (C=O) groups is 1. The van der Waals surface area contributed by atoms with Crippen molar-refractivity contribution in [3.8, 4) is 0 Å². The van der Waals surface area contributed by atoms with E-state index >= 15 is 0 Å². The molecule has 0 bridgehead atoms. The molecular formula is C18H19Cl2F2N3O. The van der Waals surface area contributed by atoms with E-state index in [4.69, 9.17) is 11.6 Å². The fourth-order valence-corrected chi connectivity index (χ4v) is 3.22. The van der Waals surface area contributed by atoms with E-state index in [2.05, 4.69) is 10.6 Å². The van der Waals surface area contributed by atoms with Crippen LogP contribution in [0, 0.1) is 11.6 Å². The Morgan fingerprint density at radius 1 is 1.27 bits per heavy atom. The van der Waals surface area contributed by atoms with Crippen LogP contribution in [-0.4, -0.2) is 37.0 Å². The Morgan fingerprint density at radius 2 is 2.04 bits per heavy atom. The van der Waals surface area contributed by atoms with Gasteiger partial charge in [0.1, 0.15) is 11.6 Å². The normalized spacial score (nSPS) is 17.4. The summed E-state index contributed by atoms with van der Waals surface area (Å²) in [5.74, 6) is -1.67. The predicted molar refractivity (Wildman–Crippen MR) is 101 cm³/mol. The number of hydrogen-bond acceptors (Lipinski definition) is 3. The van der Waals surface area contributed by atoms with Crippen molar-refractivity contribution >= 4 is 35.6 Å². The molecule has 2 N–H and O–H groups in total. The number of nitrogens with one attached hydrogen (secondary N) is 2. The van der Waals surface area contributed by atoms with E-state index in [9.17, 15) is 13.6 Å². The van der Waals surface area contributed by atoms with Crippen LogP contribution in [0.5, 0.6) is 0 Å². The molecule has 0 spiro atoms. The highest BCUT2D eigenvalue weighted by molar-refractivity contribution is 6.31. The number of halogens is 4. The lowest BCUT2D eigenvalue weighted by Gasteiger charge is -2.36. The summed E-state index contributed by atoms with van der Waals surface area (Å²) in [6, 6.07) is 10.4. The molecule has 0 radical (unpaired) electrons. The molecule has 1 amide bonds. The standard InChI is InChI=1S/C18H18ClF2N3O.ClH/c19-14-4-2-1-3-13(14)17-10-22-7-8-24(17)11-18(25)23-16-9-12(20)5-6-15(16)21;/h1-6,9,17,22H,7-8,10-11H2,(H,23,25);1H. The molecule has 26 heavy (non-hydrogen) atoms. The van der Waals surface area contributed by atoms with Gasteiger partial charge in [0.05, 0.1) is 12.2 Å². The van der Waals surface area contributed by atoms with Crippen molar-refractivity contribution in [1.29, 1.82) is 0 Å². The van der Waals surface area contributed by atoms with Gasteiger partial charge in [-0.25, -0.2) is 8.78 Å². The fraction of sp³-hybridized carbons (Fsp3) is 0.278. The van der Waals surface area contributed by atoms with Crippen LogP contribution in [0.3, 0.4) is 0 Å². The van der Waals surface area contributed by atoms with Gasteiger partial charge in [0, 0.05) is 36.8 Å². The monoisotopic (exact) mass is 401 g/mol. The van der Waals surface area contributed by atoms with Crippen molar-refractivity contribution in [3.05, 3.63) is 64.7 Å². The lowest BCUT2D eigenvalue weighted by Crippen LogP contribution is -2.48. The number of hydrogen-bond donors (Lipinski definition) is 2. The molecule has 1 unspecified atom stereocenters. The highest BCUT2D eigenvalue weighted by Gasteiger charge is 2.27. The highest BCUT2D eigenvalue weighted by atomic mass is 35.5. The van der Waals surface area contributed by atoms with Crippen LogP contribution in [0.1, 0.15) is 11.6 Å². The molecule has 4 nitrogen and oxygen atoms in total. The number of piperazine rings is 1. The molecule has 1 heterocycles. The summed E-state index contributed by atoms with van der Waals surface area (Å²) in [6.45, 7) is 2.11. The molecule has 1 aliphatic rings. The predicted octanol–water partition coefficient (Wildman–Crippen LogP) is 3.63. The molecule has 0 saturated carbocycles. The zero-order valence-corrected chi connectivity index (χ0v) is 15.4. The lowest BCUT2D eigenvalue weighted by molar-refractivity contribution is -0.118. The van der Waals surface area contributed by atoms with Gasteiger partial charge in [-0.15, -0.1) is 12.4 Å². The Morgan fingerprint density at radius 3 is 2.81 bits per heavy atom. The van der Waals surface area contributed by atoms with Gasteiger partial charge in [0.25, 0.3) is 0 Å². The number of nitrogens with zero attached hydrogens (tertiary/aromatic N) is 1. The van der Waals surface area contributed by atoms with E-state index in [1.165, 1.54) is 0 Å². The second-order valence-corrected chi connectivity index (χ2v) is 6.29. The number of benzene rings is 2. The molecule has 3 rings (SSSR count). The largest absolute Gasteiger partial charge is 0.322 e. The molecule has 140 valence electrons. The maximum atomic E-state index is 13.7. The first-order valence-corrected chi connectivity index (χ1v) is 8.36. The summed E-state index contributed by atoms with van der Waals surface area (Å²) < 4.78 is 26.9. The number of amides is 1. The number of carbonyl (C=O) groups excluding carboxylic acids is 1. The quantitative estimate of drug-likeness (QED) is 0.821. The van der Waals surface area contributed by atoms with Crippen molar-refractivity contribution in [2.45, 2.75) is 6.04 Å². The Bertz CT molecular complexity index is 776. The van der Waals surface area contributed by atoms with Crippen LogP contribution in [0.15, 0.2) is 42.5 Å². The minimum Gasteiger partial charge on any atom is -0.322 e. The smallest absolute Gasteiger partial charge is 0.238 e. The highest BCUT2D eigenvalue weighted by Crippen LogP contribution is 2.28. The van der Waals surface area contributed by atoms with Crippen molar-refractivity contribution < 1.29 is 13.6 Å². The van der Waals surface area contributed by atoms with Gasteiger partial charge in [-0.05, 0) is 23.8 Å². The van der Waals surface area contributed by atoms with E-state index in [0.717, 1.165) is 30.3 Å². The maximum Gasteiger partial charge on any atom is 0.238 e. The summed E-state index contributed by atoms with van der Waals surface area (Å²) in [4.78, 5) is 14.3. The van der Waals surface area contributed by atoms with Crippen LogP contribution in [-0.2, 0) is 4.79 Å². The third-order valence-corrected chi connectivity index (χ3v) is 4.51. The van der Waals surface area contributed by atoms with Gasteiger partial charge in [0.2, 0.25) is 5.91 Å². The number of anilines is 1.